The number of hydrogen-bond donors (Lipinski definition) is 3. The molecular formula is C14H21N3O3. The molecule has 110 valence electrons. The van der Waals surface area contributed by atoms with Gasteiger partial charge < -0.3 is 20.4 Å². The highest BCUT2D eigenvalue weighted by Gasteiger charge is 2.33. The lowest BCUT2D eigenvalue weighted by atomic mass is 9.98. The molecule has 0 radical (unpaired) electrons. The lowest BCUT2D eigenvalue weighted by Gasteiger charge is -2.28. The maximum absolute atomic E-state index is 12.1. The van der Waals surface area contributed by atoms with Gasteiger partial charge in [0.05, 0.1) is 12.1 Å². The largest absolute Gasteiger partial charge is 0.383 e. The molecule has 1 aromatic heterocycles. The fourth-order valence-corrected chi connectivity index (χ4v) is 2.57. The number of aromatic amines is 1. The highest BCUT2D eigenvalue weighted by Crippen LogP contribution is 2.18. The van der Waals surface area contributed by atoms with Crippen LogP contribution in [0.4, 0.5) is 0 Å². The van der Waals surface area contributed by atoms with E-state index in [9.17, 15) is 9.59 Å². The van der Waals surface area contributed by atoms with Gasteiger partial charge in [-0.25, -0.2) is 0 Å². The Kier molecular flexibility index (Phi) is 4.57. The minimum Gasteiger partial charge on any atom is -0.383 e. The lowest BCUT2D eigenvalue weighted by Crippen LogP contribution is -2.53. The number of carbonyl (C=O) groups excluding carboxylic acids is 1. The van der Waals surface area contributed by atoms with Crippen LogP contribution < -0.4 is 16.2 Å². The SMILES string of the molecule is COCC1(CNC(=O)c2ccc(C)[nH]c2=O)CCCN1. The van der Waals surface area contributed by atoms with Crippen molar-refractivity contribution in [1.82, 2.24) is 15.6 Å². The first-order valence-electron chi connectivity index (χ1n) is 6.78. The Hall–Kier alpha value is -1.66. The normalized spacial score (nSPS) is 21.9. The second-order valence-electron chi connectivity index (χ2n) is 5.31. The summed E-state index contributed by atoms with van der Waals surface area (Å²) in [6.07, 6.45) is 2.01. The van der Waals surface area contributed by atoms with E-state index < -0.39 is 0 Å². The van der Waals surface area contributed by atoms with Crippen molar-refractivity contribution in [1.29, 1.82) is 0 Å². The Balaban J connectivity index is 2.02. The van der Waals surface area contributed by atoms with Crippen LogP contribution in [-0.2, 0) is 4.74 Å². The van der Waals surface area contributed by atoms with Crippen molar-refractivity contribution in [2.75, 3.05) is 26.8 Å². The molecule has 6 nitrogen and oxygen atoms in total. The molecule has 0 saturated carbocycles. The first-order chi connectivity index (χ1) is 9.56. The molecule has 1 aliphatic rings. The summed E-state index contributed by atoms with van der Waals surface area (Å²) in [4.78, 5) is 26.4. The van der Waals surface area contributed by atoms with E-state index in [0.717, 1.165) is 25.1 Å². The fourth-order valence-electron chi connectivity index (χ4n) is 2.57. The smallest absolute Gasteiger partial charge is 0.260 e. The van der Waals surface area contributed by atoms with Crippen LogP contribution >= 0.6 is 0 Å². The molecule has 0 aromatic carbocycles. The van der Waals surface area contributed by atoms with Crippen molar-refractivity contribution in [3.63, 3.8) is 0 Å². The van der Waals surface area contributed by atoms with Crippen LogP contribution in [0.2, 0.25) is 0 Å². The molecule has 1 atom stereocenters. The third-order valence-corrected chi connectivity index (χ3v) is 3.64. The van der Waals surface area contributed by atoms with E-state index in [2.05, 4.69) is 15.6 Å². The molecule has 2 rings (SSSR count). The van der Waals surface area contributed by atoms with Crippen molar-refractivity contribution < 1.29 is 9.53 Å². The maximum atomic E-state index is 12.1. The molecule has 0 spiro atoms. The van der Waals surface area contributed by atoms with Crippen molar-refractivity contribution in [2.24, 2.45) is 0 Å². The summed E-state index contributed by atoms with van der Waals surface area (Å²) in [5.74, 6) is -0.351. The van der Waals surface area contributed by atoms with Gasteiger partial charge in [0.1, 0.15) is 5.56 Å². The second-order valence-corrected chi connectivity index (χ2v) is 5.31. The van der Waals surface area contributed by atoms with Gasteiger partial charge in [-0.15, -0.1) is 0 Å². The zero-order chi connectivity index (χ0) is 14.6. The van der Waals surface area contributed by atoms with Gasteiger partial charge in [-0.3, -0.25) is 9.59 Å². The number of hydrogen-bond acceptors (Lipinski definition) is 4. The molecule has 2 heterocycles. The highest BCUT2D eigenvalue weighted by atomic mass is 16.5. The van der Waals surface area contributed by atoms with Gasteiger partial charge in [0.2, 0.25) is 0 Å². The van der Waals surface area contributed by atoms with Crippen LogP contribution in [0.1, 0.15) is 28.9 Å². The van der Waals surface area contributed by atoms with Gasteiger partial charge in [0, 0.05) is 19.3 Å². The van der Waals surface area contributed by atoms with Gasteiger partial charge in [-0.05, 0) is 38.4 Å². The number of methoxy groups -OCH3 is 1. The summed E-state index contributed by atoms with van der Waals surface area (Å²) in [7, 11) is 1.65. The summed E-state index contributed by atoms with van der Waals surface area (Å²) in [6.45, 7) is 3.69. The van der Waals surface area contributed by atoms with E-state index in [1.165, 1.54) is 0 Å². The van der Waals surface area contributed by atoms with Crippen LogP contribution in [0.25, 0.3) is 0 Å². The minimum absolute atomic E-state index is 0.140. The number of rotatable bonds is 5. The second kappa shape index (κ2) is 6.19. The molecule has 3 N–H and O–H groups in total. The fraction of sp³-hybridized carbons (Fsp3) is 0.571. The molecule has 1 fully saturated rings. The number of aromatic nitrogens is 1. The quantitative estimate of drug-likeness (QED) is 0.718. The number of pyridine rings is 1. The Morgan fingerprint density at radius 2 is 2.30 bits per heavy atom. The number of amides is 1. The van der Waals surface area contributed by atoms with Gasteiger partial charge in [0.15, 0.2) is 0 Å². The molecule has 20 heavy (non-hydrogen) atoms. The first kappa shape index (κ1) is 14.7. The third-order valence-electron chi connectivity index (χ3n) is 3.64. The van der Waals surface area contributed by atoms with Gasteiger partial charge >= 0.3 is 0 Å². The summed E-state index contributed by atoms with van der Waals surface area (Å²) in [5.41, 5.74) is 0.297. The van der Waals surface area contributed by atoms with Crippen LogP contribution in [-0.4, -0.2) is 43.2 Å². The maximum Gasteiger partial charge on any atom is 0.260 e. The third kappa shape index (κ3) is 3.26. The van der Waals surface area contributed by atoms with Gasteiger partial charge in [0.25, 0.3) is 11.5 Å². The van der Waals surface area contributed by atoms with E-state index in [1.807, 2.05) is 0 Å². The molecule has 1 aliphatic heterocycles. The highest BCUT2D eigenvalue weighted by molar-refractivity contribution is 5.93. The summed E-state index contributed by atoms with van der Waals surface area (Å²) in [5, 5.41) is 6.20. The zero-order valence-electron chi connectivity index (χ0n) is 11.9. The molecule has 1 unspecified atom stereocenters. The van der Waals surface area contributed by atoms with Gasteiger partial charge in [-0.2, -0.15) is 0 Å². The average Bonchev–Trinajstić information content (AvgIpc) is 2.85. The molecular weight excluding hydrogens is 258 g/mol. The monoisotopic (exact) mass is 279 g/mol. The minimum atomic E-state index is -0.359. The molecule has 1 saturated heterocycles. The van der Waals surface area contributed by atoms with E-state index in [1.54, 1.807) is 26.2 Å². The standard InChI is InChI=1S/C14H21N3O3/c1-10-4-5-11(13(19)17-10)12(18)15-8-14(9-20-2)6-3-7-16-14/h4-5,16H,3,6-9H2,1-2H3,(H,15,18)(H,17,19). The first-order valence-corrected chi connectivity index (χ1v) is 6.78. The summed E-state index contributed by atoms with van der Waals surface area (Å²) < 4.78 is 5.22. The van der Waals surface area contributed by atoms with Crippen molar-refractivity contribution in [3.8, 4) is 0 Å². The number of carbonyl (C=O) groups is 1. The van der Waals surface area contributed by atoms with Crippen molar-refractivity contribution in [3.05, 3.63) is 33.7 Å². The zero-order valence-corrected chi connectivity index (χ0v) is 11.9. The topological polar surface area (TPSA) is 83.2 Å². The van der Waals surface area contributed by atoms with Crippen LogP contribution in [0.15, 0.2) is 16.9 Å². The van der Waals surface area contributed by atoms with Crippen molar-refractivity contribution in [2.45, 2.75) is 25.3 Å². The summed E-state index contributed by atoms with van der Waals surface area (Å²) >= 11 is 0. The van der Waals surface area contributed by atoms with Crippen LogP contribution in [0.5, 0.6) is 0 Å². The van der Waals surface area contributed by atoms with E-state index in [4.69, 9.17) is 4.74 Å². The van der Waals surface area contributed by atoms with Crippen LogP contribution in [0, 0.1) is 6.92 Å². The molecule has 1 aromatic rings. The predicted octanol–water partition coefficient (Wildman–Crippen LogP) is 0.182. The predicted molar refractivity (Wildman–Crippen MR) is 76.0 cm³/mol. The lowest BCUT2D eigenvalue weighted by molar-refractivity contribution is 0.0891. The summed E-state index contributed by atoms with van der Waals surface area (Å²) in [6, 6.07) is 3.27. The Labute approximate surface area is 117 Å². The van der Waals surface area contributed by atoms with Gasteiger partial charge in [-0.1, -0.05) is 0 Å². The number of aryl methyl sites for hydroxylation is 1. The Morgan fingerprint density at radius 1 is 1.50 bits per heavy atom. The molecule has 0 bridgehead atoms. The number of H-pyrrole nitrogens is 1. The van der Waals surface area contributed by atoms with E-state index >= 15 is 0 Å². The number of ether oxygens (including phenoxy) is 1. The Bertz CT molecular complexity index is 533. The van der Waals surface area contributed by atoms with Crippen molar-refractivity contribution >= 4 is 5.91 Å². The molecule has 1 amide bonds. The van der Waals surface area contributed by atoms with E-state index in [-0.39, 0.29) is 22.6 Å². The molecule has 0 aliphatic carbocycles. The van der Waals surface area contributed by atoms with Crippen LogP contribution in [0.3, 0.4) is 0 Å². The average molecular weight is 279 g/mol. The number of nitrogens with one attached hydrogen (secondary N) is 3. The van der Waals surface area contributed by atoms with E-state index in [0.29, 0.717) is 13.2 Å². The molecule has 6 heteroatoms. The Morgan fingerprint density at radius 3 is 2.90 bits per heavy atom.